The van der Waals surface area contributed by atoms with Gasteiger partial charge in [0.2, 0.25) is 0 Å². The zero-order valence-electron chi connectivity index (χ0n) is 9.37. The molecule has 1 aliphatic carbocycles. The fourth-order valence-electron chi connectivity index (χ4n) is 3.00. The molecule has 15 heavy (non-hydrogen) atoms. The second-order valence-electron chi connectivity index (χ2n) is 5.09. The van der Waals surface area contributed by atoms with Gasteiger partial charge in [0.1, 0.15) is 0 Å². The van der Waals surface area contributed by atoms with Crippen molar-refractivity contribution in [3.63, 3.8) is 0 Å². The minimum Gasteiger partial charge on any atom is -0.481 e. The molecule has 1 saturated carbocycles. The van der Waals surface area contributed by atoms with Gasteiger partial charge in [0.05, 0.1) is 5.41 Å². The summed E-state index contributed by atoms with van der Waals surface area (Å²) < 4.78 is 0. The number of aliphatic carboxylic acids is 1. The summed E-state index contributed by atoms with van der Waals surface area (Å²) in [6.45, 7) is 3.34. The number of hydrogen-bond donors (Lipinski definition) is 1. The second kappa shape index (κ2) is 4.52. The lowest BCUT2D eigenvalue weighted by atomic mass is 9.82. The lowest BCUT2D eigenvalue weighted by Crippen LogP contribution is -2.33. The third-order valence-electron chi connectivity index (χ3n) is 4.12. The molecule has 1 saturated heterocycles. The zero-order valence-corrected chi connectivity index (χ0v) is 9.37. The van der Waals surface area contributed by atoms with Gasteiger partial charge in [-0.25, -0.2) is 0 Å². The van der Waals surface area contributed by atoms with E-state index in [0.29, 0.717) is 0 Å². The third-order valence-corrected chi connectivity index (χ3v) is 4.12. The predicted octanol–water partition coefficient (Wildman–Crippen LogP) is 2.12. The minimum absolute atomic E-state index is 0.372. The molecule has 3 nitrogen and oxygen atoms in total. The van der Waals surface area contributed by atoms with Crippen molar-refractivity contribution in [2.45, 2.75) is 44.9 Å². The van der Waals surface area contributed by atoms with Crippen LogP contribution in [0.5, 0.6) is 0 Å². The van der Waals surface area contributed by atoms with Crippen LogP contribution in [0.3, 0.4) is 0 Å². The molecule has 0 aromatic rings. The second-order valence-corrected chi connectivity index (χ2v) is 5.09. The normalized spacial score (nSPS) is 25.9. The number of carboxylic acid groups (broad SMARTS) is 1. The molecule has 0 radical (unpaired) electrons. The molecular formula is C12H21NO2. The van der Waals surface area contributed by atoms with Gasteiger partial charge in [0.25, 0.3) is 0 Å². The van der Waals surface area contributed by atoms with Crippen LogP contribution in [0.4, 0.5) is 0 Å². The average molecular weight is 211 g/mol. The van der Waals surface area contributed by atoms with Gasteiger partial charge in [-0.2, -0.15) is 0 Å². The van der Waals surface area contributed by atoms with E-state index in [1.165, 1.54) is 25.9 Å². The van der Waals surface area contributed by atoms with Gasteiger partial charge in [-0.05, 0) is 51.7 Å². The monoisotopic (exact) mass is 211 g/mol. The van der Waals surface area contributed by atoms with Crippen LogP contribution in [0.15, 0.2) is 0 Å². The molecule has 0 unspecified atom stereocenters. The Kier molecular flexibility index (Phi) is 3.29. The molecule has 1 N–H and O–H groups in total. The van der Waals surface area contributed by atoms with Crippen LogP contribution in [0.25, 0.3) is 0 Å². The number of nitrogens with zero attached hydrogens (tertiary/aromatic N) is 1. The van der Waals surface area contributed by atoms with Crippen molar-refractivity contribution in [1.29, 1.82) is 0 Å². The summed E-state index contributed by atoms with van der Waals surface area (Å²) in [5.41, 5.74) is -0.372. The first-order valence-corrected chi connectivity index (χ1v) is 6.19. The van der Waals surface area contributed by atoms with Crippen molar-refractivity contribution < 1.29 is 9.90 Å². The first kappa shape index (κ1) is 10.9. The molecule has 2 aliphatic rings. The molecule has 86 valence electrons. The van der Waals surface area contributed by atoms with Crippen LogP contribution in [-0.2, 0) is 4.79 Å². The van der Waals surface area contributed by atoms with Crippen molar-refractivity contribution in [2.75, 3.05) is 19.6 Å². The molecule has 3 heteroatoms. The number of carboxylic acids is 1. The van der Waals surface area contributed by atoms with Crippen LogP contribution in [0.1, 0.15) is 44.9 Å². The molecule has 0 aromatic heterocycles. The first-order chi connectivity index (χ1) is 7.23. The Morgan fingerprint density at radius 1 is 1.13 bits per heavy atom. The molecule has 0 spiro atoms. The van der Waals surface area contributed by atoms with Gasteiger partial charge < -0.3 is 10.0 Å². The smallest absolute Gasteiger partial charge is 0.309 e. The average Bonchev–Trinajstić information content (AvgIpc) is 2.87. The summed E-state index contributed by atoms with van der Waals surface area (Å²) >= 11 is 0. The maximum Gasteiger partial charge on any atom is 0.309 e. The number of carbonyl (C=O) groups is 1. The highest BCUT2D eigenvalue weighted by atomic mass is 16.4. The van der Waals surface area contributed by atoms with E-state index in [-0.39, 0.29) is 5.41 Å². The van der Waals surface area contributed by atoms with E-state index in [0.717, 1.165) is 38.6 Å². The lowest BCUT2D eigenvalue weighted by Gasteiger charge is -2.26. The Balaban J connectivity index is 1.86. The van der Waals surface area contributed by atoms with Crippen LogP contribution in [-0.4, -0.2) is 35.6 Å². The number of rotatable bonds is 4. The Hall–Kier alpha value is -0.570. The third kappa shape index (κ3) is 2.33. The van der Waals surface area contributed by atoms with Gasteiger partial charge in [0.15, 0.2) is 0 Å². The van der Waals surface area contributed by atoms with Crippen molar-refractivity contribution in [3.8, 4) is 0 Å². The van der Waals surface area contributed by atoms with Crippen molar-refractivity contribution in [2.24, 2.45) is 5.41 Å². The first-order valence-electron chi connectivity index (χ1n) is 6.19. The van der Waals surface area contributed by atoms with Gasteiger partial charge >= 0.3 is 5.97 Å². The van der Waals surface area contributed by atoms with E-state index in [9.17, 15) is 9.90 Å². The van der Waals surface area contributed by atoms with E-state index in [4.69, 9.17) is 0 Å². The maximum atomic E-state index is 11.3. The molecule has 2 rings (SSSR count). The zero-order chi connectivity index (χ0) is 10.7. The lowest BCUT2D eigenvalue weighted by molar-refractivity contribution is -0.149. The largest absolute Gasteiger partial charge is 0.481 e. The summed E-state index contributed by atoms with van der Waals surface area (Å²) in [7, 11) is 0. The summed E-state index contributed by atoms with van der Waals surface area (Å²) in [6.07, 6.45) is 7.45. The molecule has 0 atom stereocenters. The fourth-order valence-corrected chi connectivity index (χ4v) is 3.00. The quantitative estimate of drug-likeness (QED) is 0.774. The van der Waals surface area contributed by atoms with Gasteiger partial charge in [-0.15, -0.1) is 0 Å². The van der Waals surface area contributed by atoms with Crippen LogP contribution < -0.4 is 0 Å². The van der Waals surface area contributed by atoms with Crippen LogP contribution >= 0.6 is 0 Å². The number of hydrogen-bond acceptors (Lipinski definition) is 2. The highest BCUT2D eigenvalue weighted by Gasteiger charge is 2.41. The highest BCUT2D eigenvalue weighted by molar-refractivity contribution is 5.74. The molecule has 0 amide bonds. The van der Waals surface area contributed by atoms with Crippen molar-refractivity contribution in [1.82, 2.24) is 4.90 Å². The Bertz CT molecular complexity index is 228. The molecule has 0 bridgehead atoms. The Labute approximate surface area is 91.5 Å². The van der Waals surface area contributed by atoms with Crippen LogP contribution in [0, 0.1) is 5.41 Å². The molecule has 2 fully saturated rings. The SMILES string of the molecule is O=C(O)C1(CCN2CCCC2)CCCC1. The Morgan fingerprint density at radius 2 is 1.73 bits per heavy atom. The molecule has 1 aliphatic heterocycles. The van der Waals surface area contributed by atoms with Gasteiger partial charge in [-0.1, -0.05) is 12.8 Å². The summed E-state index contributed by atoms with van der Waals surface area (Å²) in [5.74, 6) is -0.556. The molecule has 1 heterocycles. The topological polar surface area (TPSA) is 40.5 Å². The van der Waals surface area contributed by atoms with E-state index in [2.05, 4.69) is 4.90 Å². The molecule has 0 aromatic carbocycles. The summed E-state index contributed by atoms with van der Waals surface area (Å²) in [6, 6.07) is 0. The Morgan fingerprint density at radius 3 is 2.27 bits per heavy atom. The standard InChI is InChI=1S/C12H21NO2/c14-11(15)12(5-1-2-6-12)7-10-13-8-3-4-9-13/h1-10H2,(H,14,15). The summed E-state index contributed by atoms with van der Waals surface area (Å²) in [5, 5.41) is 9.32. The van der Waals surface area contributed by atoms with Crippen molar-refractivity contribution >= 4 is 5.97 Å². The maximum absolute atomic E-state index is 11.3. The van der Waals surface area contributed by atoms with E-state index >= 15 is 0 Å². The summed E-state index contributed by atoms with van der Waals surface area (Å²) in [4.78, 5) is 13.7. The van der Waals surface area contributed by atoms with Crippen molar-refractivity contribution in [3.05, 3.63) is 0 Å². The van der Waals surface area contributed by atoms with E-state index in [1.54, 1.807) is 0 Å². The minimum atomic E-state index is -0.556. The van der Waals surface area contributed by atoms with E-state index in [1.807, 2.05) is 0 Å². The van der Waals surface area contributed by atoms with Crippen LogP contribution in [0.2, 0.25) is 0 Å². The van der Waals surface area contributed by atoms with Gasteiger partial charge in [-0.3, -0.25) is 4.79 Å². The predicted molar refractivity (Wildman–Crippen MR) is 58.8 cm³/mol. The molecular weight excluding hydrogens is 190 g/mol. The fraction of sp³-hybridized carbons (Fsp3) is 0.917. The van der Waals surface area contributed by atoms with E-state index < -0.39 is 5.97 Å². The number of likely N-dealkylation sites (tertiary alicyclic amines) is 1. The van der Waals surface area contributed by atoms with Gasteiger partial charge in [0, 0.05) is 0 Å². The highest BCUT2D eigenvalue weighted by Crippen LogP contribution is 2.41.